The number of aromatic nitrogens is 1. The molecule has 4 rings (SSSR count). The first-order valence-electron chi connectivity index (χ1n) is 9.36. The van der Waals surface area contributed by atoms with Gasteiger partial charge in [-0.3, -0.25) is 4.79 Å². The average molecular weight is 366 g/mol. The van der Waals surface area contributed by atoms with E-state index in [9.17, 15) is 4.79 Å². The summed E-state index contributed by atoms with van der Waals surface area (Å²) in [5, 5.41) is 0.701. The summed E-state index contributed by atoms with van der Waals surface area (Å²) < 4.78 is 0. The van der Waals surface area contributed by atoms with Crippen LogP contribution in [0.15, 0.2) is 36.5 Å². The second-order valence-corrected chi connectivity index (χ2v) is 7.98. The van der Waals surface area contributed by atoms with Crippen LogP contribution in [0.2, 0.25) is 0 Å². The molecule has 0 spiro atoms. The monoisotopic (exact) mass is 365 g/mol. The number of likely N-dealkylation sites (tertiary alicyclic amines) is 2. The second-order valence-electron chi connectivity index (χ2n) is 6.95. The van der Waals surface area contributed by atoms with Crippen LogP contribution in [0, 0.1) is 11.8 Å². The summed E-state index contributed by atoms with van der Waals surface area (Å²) in [6.07, 6.45) is 6.48. The SMILES string of the molecule is O=C(c1cnc(C#Cc2ccccc2)s1)N1CCC[C@H]1CN1CCCC1. The van der Waals surface area contributed by atoms with Gasteiger partial charge in [-0.05, 0) is 56.8 Å². The summed E-state index contributed by atoms with van der Waals surface area (Å²) in [6, 6.07) is 10.2. The minimum absolute atomic E-state index is 0.122. The number of carbonyl (C=O) groups is 1. The Bertz CT molecular complexity index is 815. The molecule has 0 N–H and O–H groups in total. The van der Waals surface area contributed by atoms with E-state index in [0.717, 1.165) is 31.5 Å². The van der Waals surface area contributed by atoms with Crippen LogP contribution in [0.25, 0.3) is 0 Å². The van der Waals surface area contributed by atoms with Crippen LogP contribution in [0.5, 0.6) is 0 Å². The molecule has 26 heavy (non-hydrogen) atoms. The zero-order chi connectivity index (χ0) is 17.8. The molecule has 134 valence electrons. The Kier molecular flexibility index (Phi) is 5.33. The maximum atomic E-state index is 12.9. The highest BCUT2D eigenvalue weighted by molar-refractivity contribution is 7.14. The number of hydrogen-bond acceptors (Lipinski definition) is 4. The predicted molar refractivity (Wildman–Crippen MR) is 104 cm³/mol. The third kappa shape index (κ3) is 3.98. The topological polar surface area (TPSA) is 36.4 Å². The van der Waals surface area contributed by atoms with Gasteiger partial charge in [0.2, 0.25) is 0 Å². The van der Waals surface area contributed by atoms with Crippen molar-refractivity contribution in [2.75, 3.05) is 26.2 Å². The van der Waals surface area contributed by atoms with Gasteiger partial charge in [0.05, 0.1) is 6.20 Å². The van der Waals surface area contributed by atoms with Crippen molar-refractivity contribution in [2.24, 2.45) is 0 Å². The molecule has 2 aliphatic rings. The van der Waals surface area contributed by atoms with Crippen LogP contribution >= 0.6 is 11.3 Å². The standard InChI is InChI=1S/C21H23N3OS/c25-21(24-14-6-9-18(24)16-23-12-4-5-13-23)19-15-22-20(26-19)11-10-17-7-2-1-3-8-17/h1-3,7-8,15,18H,4-6,9,12-14,16H2/t18-/m0/s1. The second kappa shape index (κ2) is 8.03. The third-order valence-corrected chi connectivity index (χ3v) is 6.01. The van der Waals surface area contributed by atoms with Crippen LogP contribution in [-0.4, -0.2) is 52.9 Å². The molecule has 0 bridgehead atoms. The highest BCUT2D eigenvalue weighted by Crippen LogP contribution is 2.24. The fourth-order valence-electron chi connectivity index (χ4n) is 3.78. The number of amides is 1. The van der Waals surface area contributed by atoms with Crippen LogP contribution in [0.1, 0.15) is 45.9 Å². The molecule has 1 atom stereocenters. The lowest BCUT2D eigenvalue weighted by molar-refractivity contribution is 0.0713. The van der Waals surface area contributed by atoms with E-state index in [1.165, 1.54) is 37.3 Å². The lowest BCUT2D eigenvalue weighted by atomic mass is 10.2. The van der Waals surface area contributed by atoms with Gasteiger partial charge in [0.1, 0.15) is 4.88 Å². The van der Waals surface area contributed by atoms with Crippen LogP contribution in [0.4, 0.5) is 0 Å². The minimum atomic E-state index is 0.122. The number of rotatable bonds is 3. The minimum Gasteiger partial charge on any atom is -0.334 e. The molecule has 0 radical (unpaired) electrons. The molecular formula is C21H23N3OS. The molecule has 1 aromatic carbocycles. The molecule has 3 heterocycles. The van der Waals surface area contributed by atoms with E-state index in [-0.39, 0.29) is 5.91 Å². The highest BCUT2D eigenvalue weighted by Gasteiger charge is 2.32. The van der Waals surface area contributed by atoms with Crippen LogP contribution in [-0.2, 0) is 0 Å². The van der Waals surface area contributed by atoms with Gasteiger partial charge in [-0.2, -0.15) is 0 Å². The van der Waals surface area contributed by atoms with E-state index < -0.39 is 0 Å². The van der Waals surface area contributed by atoms with Gasteiger partial charge in [-0.25, -0.2) is 4.98 Å². The zero-order valence-corrected chi connectivity index (χ0v) is 15.7. The van der Waals surface area contributed by atoms with Gasteiger partial charge in [0.15, 0.2) is 5.01 Å². The molecule has 2 fully saturated rings. The van der Waals surface area contributed by atoms with Crippen molar-refractivity contribution in [1.82, 2.24) is 14.8 Å². The van der Waals surface area contributed by atoms with Gasteiger partial charge < -0.3 is 9.80 Å². The first-order valence-corrected chi connectivity index (χ1v) is 10.2. The molecular weight excluding hydrogens is 342 g/mol. The number of thiazole rings is 1. The van der Waals surface area contributed by atoms with Gasteiger partial charge >= 0.3 is 0 Å². The van der Waals surface area contributed by atoms with Gasteiger partial charge in [0.25, 0.3) is 5.91 Å². The summed E-state index contributed by atoms with van der Waals surface area (Å²) in [7, 11) is 0. The molecule has 5 heteroatoms. The van der Waals surface area contributed by atoms with E-state index in [4.69, 9.17) is 0 Å². The molecule has 1 amide bonds. The highest BCUT2D eigenvalue weighted by atomic mass is 32.1. The lowest BCUT2D eigenvalue weighted by Gasteiger charge is -2.28. The Labute approximate surface area is 158 Å². The molecule has 2 aromatic rings. The maximum Gasteiger partial charge on any atom is 0.265 e. The molecule has 0 unspecified atom stereocenters. The van der Waals surface area contributed by atoms with E-state index in [1.54, 1.807) is 6.20 Å². The first kappa shape index (κ1) is 17.3. The fraction of sp³-hybridized carbons (Fsp3) is 0.429. The van der Waals surface area contributed by atoms with Gasteiger partial charge in [-0.1, -0.05) is 24.1 Å². The average Bonchev–Trinajstić information content (AvgIpc) is 3.43. The quantitative estimate of drug-likeness (QED) is 0.784. The molecule has 0 aliphatic carbocycles. The van der Waals surface area contributed by atoms with Crippen molar-refractivity contribution in [1.29, 1.82) is 0 Å². The van der Waals surface area contributed by atoms with E-state index in [2.05, 4.69) is 26.6 Å². The summed E-state index contributed by atoms with van der Waals surface area (Å²) in [4.78, 5) is 22.5. The Balaban J connectivity index is 1.43. The largest absolute Gasteiger partial charge is 0.334 e. The summed E-state index contributed by atoms with van der Waals surface area (Å²) in [6.45, 7) is 4.24. The molecule has 2 saturated heterocycles. The van der Waals surface area contributed by atoms with Crippen molar-refractivity contribution in [3.63, 3.8) is 0 Å². The molecule has 4 nitrogen and oxygen atoms in total. The van der Waals surface area contributed by atoms with Crippen molar-refractivity contribution >= 4 is 17.2 Å². The first-order chi connectivity index (χ1) is 12.8. The number of hydrogen-bond donors (Lipinski definition) is 0. The third-order valence-electron chi connectivity index (χ3n) is 5.11. The zero-order valence-electron chi connectivity index (χ0n) is 14.9. The Morgan fingerprint density at radius 3 is 2.73 bits per heavy atom. The Morgan fingerprint density at radius 1 is 1.12 bits per heavy atom. The summed E-state index contributed by atoms with van der Waals surface area (Å²) >= 11 is 1.40. The van der Waals surface area contributed by atoms with E-state index in [0.29, 0.717) is 15.9 Å². The number of carbonyl (C=O) groups excluding carboxylic acids is 1. The van der Waals surface area contributed by atoms with Crippen molar-refractivity contribution in [3.8, 4) is 11.8 Å². The maximum absolute atomic E-state index is 12.9. The van der Waals surface area contributed by atoms with Crippen LogP contribution in [0.3, 0.4) is 0 Å². The van der Waals surface area contributed by atoms with E-state index in [1.807, 2.05) is 30.3 Å². The van der Waals surface area contributed by atoms with Crippen molar-refractivity contribution in [2.45, 2.75) is 31.7 Å². The Morgan fingerprint density at radius 2 is 1.92 bits per heavy atom. The lowest BCUT2D eigenvalue weighted by Crippen LogP contribution is -2.42. The molecule has 1 aromatic heterocycles. The summed E-state index contributed by atoms with van der Waals surface area (Å²) in [5.41, 5.74) is 0.959. The van der Waals surface area contributed by atoms with E-state index >= 15 is 0 Å². The Hall–Kier alpha value is -2.16. The predicted octanol–water partition coefficient (Wildman–Crippen LogP) is 3.24. The fourth-order valence-corrected chi connectivity index (χ4v) is 4.50. The van der Waals surface area contributed by atoms with Crippen molar-refractivity contribution < 1.29 is 4.79 Å². The smallest absolute Gasteiger partial charge is 0.265 e. The van der Waals surface area contributed by atoms with Gasteiger partial charge in [0, 0.05) is 24.7 Å². The number of nitrogens with zero attached hydrogens (tertiary/aromatic N) is 3. The van der Waals surface area contributed by atoms with Crippen LogP contribution < -0.4 is 0 Å². The molecule has 0 saturated carbocycles. The van der Waals surface area contributed by atoms with Gasteiger partial charge in [-0.15, -0.1) is 11.3 Å². The number of benzene rings is 1. The summed E-state index contributed by atoms with van der Waals surface area (Å²) in [5.74, 6) is 6.30. The normalized spacial score (nSPS) is 20.2. The van der Waals surface area contributed by atoms with Crippen molar-refractivity contribution in [3.05, 3.63) is 52.0 Å². The molecule has 2 aliphatic heterocycles.